The largest absolute Gasteiger partial charge is 0.388 e. The zero-order valence-corrected chi connectivity index (χ0v) is 19.6. The van der Waals surface area contributed by atoms with Gasteiger partial charge in [-0.3, -0.25) is 15.0 Å². The molecule has 2 N–H and O–H groups in total. The number of hydrogen-bond acceptors (Lipinski definition) is 4. The fraction of sp³-hybridized carbons (Fsp3) is 0.100. The van der Waals surface area contributed by atoms with Gasteiger partial charge in [-0.15, -0.1) is 0 Å². The molecule has 0 saturated heterocycles. The van der Waals surface area contributed by atoms with Gasteiger partial charge >= 0.3 is 0 Å². The molecule has 5 nitrogen and oxygen atoms in total. The average molecular weight is 463 g/mol. The lowest BCUT2D eigenvalue weighted by molar-refractivity contribution is -0.904. The molecular formula is C30H28N3O2+. The average Bonchev–Trinajstić information content (AvgIpc) is 2.93. The Morgan fingerprint density at radius 2 is 1.63 bits per heavy atom. The van der Waals surface area contributed by atoms with Crippen LogP contribution in [0.25, 0.3) is 22.0 Å². The van der Waals surface area contributed by atoms with Gasteiger partial charge in [-0.2, -0.15) is 0 Å². The number of aldehydes is 1. The van der Waals surface area contributed by atoms with Crippen molar-refractivity contribution in [3.63, 3.8) is 0 Å². The molecule has 3 aromatic carbocycles. The van der Waals surface area contributed by atoms with Crippen LogP contribution < -0.4 is 10.0 Å². The van der Waals surface area contributed by atoms with Crippen LogP contribution in [0.5, 0.6) is 0 Å². The summed E-state index contributed by atoms with van der Waals surface area (Å²) in [5, 5.41) is 13.7. The summed E-state index contributed by atoms with van der Waals surface area (Å²) in [7, 11) is 1.93. The second-order valence-corrected chi connectivity index (χ2v) is 8.16. The van der Waals surface area contributed by atoms with E-state index in [-0.39, 0.29) is 0 Å². The van der Waals surface area contributed by atoms with Crippen molar-refractivity contribution in [2.24, 2.45) is 0 Å². The van der Waals surface area contributed by atoms with E-state index in [0.717, 1.165) is 57.1 Å². The van der Waals surface area contributed by atoms with Crippen molar-refractivity contribution >= 4 is 22.9 Å². The molecule has 5 aromatic rings. The van der Waals surface area contributed by atoms with Gasteiger partial charge in [-0.25, -0.2) is 0 Å². The number of nitrogens with zero attached hydrogens (tertiary/aromatic N) is 2. The Labute approximate surface area is 205 Å². The molecule has 2 heterocycles. The number of aryl methyl sites for hydroxylation is 2. The zero-order chi connectivity index (χ0) is 24.5. The molecule has 0 amide bonds. The first-order valence-corrected chi connectivity index (χ1v) is 11.5. The molecule has 35 heavy (non-hydrogen) atoms. The Kier molecular flexibility index (Phi) is 7.81. The van der Waals surface area contributed by atoms with E-state index in [0.29, 0.717) is 0 Å². The number of pyridine rings is 2. The molecule has 0 aliphatic rings. The molecule has 0 bridgehead atoms. The lowest BCUT2D eigenvalue weighted by Gasteiger charge is -2.11. The minimum absolute atomic E-state index is 0.729. The number of carbonyl (C=O) groups excluding carboxylic acids is 1. The van der Waals surface area contributed by atoms with Gasteiger partial charge < -0.3 is 5.32 Å². The van der Waals surface area contributed by atoms with E-state index in [1.807, 2.05) is 49.6 Å². The number of fused-ring (bicyclic) bond motifs is 1. The molecule has 0 saturated carbocycles. The number of carbonyl (C=O) groups is 1. The monoisotopic (exact) mass is 462 g/mol. The Morgan fingerprint density at radius 3 is 2.34 bits per heavy atom. The summed E-state index contributed by atoms with van der Waals surface area (Å²) in [6.45, 7) is 0. The molecule has 5 rings (SSSR count). The van der Waals surface area contributed by atoms with Crippen molar-refractivity contribution in [3.8, 4) is 11.1 Å². The number of anilines is 1. The molecule has 0 fully saturated rings. The molecule has 0 aliphatic carbocycles. The van der Waals surface area contributed by atoms with E-state index >= 15 is 0 Å². The molecule has 0 atom stereocenters. The van der Waals surface area contributed by atoms with Gasteiger partial charge in [0.25, 0.3) is 0 Å². The maximum absolute atomic E-state index is 10.0. The molecule has 0 unspecified atom stereocenters. The van der Waals surface area contributed by atoms with Crippen LogP contribution in [0.3, 0.4) is 0 Å². The summed E-state index contributed by atoms with van der Waals surface area (Å²) in [5.74, 6) is 0. The third-order valence-corrected chi connectivity index (χ3v) is 5.75. The first-order valence-electron chi connectivity index (χ1n) is 11.5. The second-order valence-electron chi connectivity index (χ2n) is 8.16. The zero-order valence-electron chi connectivity index (χ0n) is 19.6. The van der Waals surface area contributed by atoms with Gasteiger partial charge in [0.2, 0.25) is 12.4 Å². The van der Waals surface area contributed by atoms with Crippen molar-refractivity contribution in [1.82, 2.24) is 4.98 Å². The molecular weight excluding hydrogens is 434 g/mol. The summed E-state index contributed by atoms with van der Waals surface area (Å²) in [5.41, 5.74) is 7.63. The van der Waals surface area contributed by atoms with Gasteiger partial charge in [0.1, 0.15) is 6.29 Å². The first-order chi connectivity index (χ1) is 17.2. The van der Waals surface area contributed by atoms with Gasteiger partial charge in [0, 0.05) is 52.3 Å². The molecule has 2 aromatic heterocycles. The van der Waals surface area contributed by atoms with Crippen molar-refractivity contribution in [2.45, 2.75) is 12.8 Å². The first kappa shape index (κ1) is 23.6. The highest BCUT2D eigenvalue weighted by Crippen LogP contribution is 2.30. The minimum atomic E-state index is 0.729. The Balaban J connectivity index is 0.000000308. The normalized spacial score (nSPS) is 10.3. The highest BCUT2D eigenvalue weighted by atomic mass is 16.5. The van der Waals surface area contributed by atoms with Gasteiger partial charge in [-0.1, -0.05) is 48.5 Å². The Bertz CT molecular complexity index is 1400. The van der Waals surface area contributed by atoms with Crippen LogP contribution in [0, 0.1) is 0 Å². The Hall–Kier alpha value is -4.51. The van der Waals surface area contributed by atoms with Crippen LogP contribution in [0.4, 0.5) is 5.69 Å². The van der Waals surface area contributed by atoms with E-state index in [4.69, 9.17) is 0 Å². The fourth-order valence-electron chi connectivity index (χ4n) is 3.90. The quantitative estimate of drug-likeness (QED) is 0.191. The highest BCUT2D eigenvalue weighted by Gasteiger charge is 2.09. The summed E-state index contributed by atoms with van der Waals surface area (Å²) < 4.78 is 1.07. The number of nitrogens with one attached hydrogen (secondary N) is 1. The lowest BCUT2D eigenvalue weighted by atomic mass is 9.96. The summed E-state index contributed by atoms with van der Waals surface area (Å²) in [6, 6.07) is 30.0. The summed E-state index contributed by atoms with van der Waals surface area (Å²) in [4.78, 5) is 14.6. The highest BCUT2D eigenvalue weighted by molar-refractivity contribution is 5.94. The third kappa shape index (κ3) is 6.30. The number of aromatic nitrogens is 2. The van der Waals surface area contributed by atoms with E-state index in [9.17, 15) is 10.0 Å². The topological polar surface area (TPSA) is 66.1 Å². The predicted octanol–water partition coefficient (Wildman–Crippen LogP) is 5.75. The molecule has 0 spiro atoms. The number of hydrogen-bond donors (Lipinski definition) is 2. The SMILES string of the molecule is CNc1cccc(-c2cc(CCc3cc[n+](O)cc3)cc3cccnc23)c1.O=Cc1ccccc1. The van der Waals surface area contributed by atoms with Crippen LogP contribution in [0.2, 0.25) is 0 Å². The number of rotatable bonds is 6. The summed E-state index contributed by atoms with van der Waals surface area (Å²) >= 11 is 0. The minimum Gasteiger partial charge on any atom is -0.388 e. The van der Waals surface area contributed by atoms with Crippen molar-refractivity contribution < 1.29 is 14.7 Å². The molecule has 174 valence electrons. The molecule has 0 aliphatic heterocycles. The Morgan fingerprint density at radius 1 is 0.857 bits per heavy atom. The van der Waals surface area contributed by atoms with Crippen molar-refractivity contribution in [2.75, 3.05) is 12.4 Å². The van der Waals surface area contributed by atoms with Crippen LogP contribution in [0.1, 0.15) is 21.5 Å². The second kappa shape index (κ2) is 11.6. The van der Waals surface area contributed by atoms with Gasteiger partial charge in [0.15, 0.2) is 0 Å². The van der Waals surface area contributed by atoms with Crippen molar-refractivity contribution in [1.29, 1.82) is 0 Å². The van der Waals surface area contributed by atoms with Crippen LogP contribution in [-0.4, -0.2) is 23.5 Å². The van der Waals surface area contributed by atoms with E-state index in [2.05, 4.69) is 52.8 Å². The number of benzene rings is 3. The maximum atomic E-state index is 10.0. The third-order valence-electron chi connectivity index (χ3n) is 5.75. The van der Waals surface area contributed by atoms with E-state index in [1.165, 1.54) is 11.1 Å². The summed E-state index contributed by atoms with van der Waals surface area (Å²) in [6.07, 6.45) is 7.85. The van der Waals surface area contributed by atoms with Crippen LogP contribution >= 0.6 is 0 Å². The molecule has 0 radical (unpaired) electrons. The van der Waals surface area contributed by atoms with E-state index < -0.39 is 0 Å². The van der Waals surface area contributed by atoms with Crippen LogP contribution in [-0.2, 0) is 12.8 Å². The molecule has 5 heteroatoms. The maximum Gasteiger partial charge on any atom is 0.222 e. The van der Waals surface area contributed by atoms with Crippen molar-refractivity contribution in [3.05, 3.63) is 126 Å². The van der Waals surface area contributed by atoms with Gasteiger partial charge in [-0.05, 0) is 59.9 Å². The lowest BCUT2D eigenvalue weighted by Crippen LogP contribution is -2.28. The fourth-order valence-corrected chi connectivity index (χ4v) is 3.90. The standard InChI is InChI=1S/C23H22N3O.C7H6O/c1-24-21-6-2-4-19(16-21)22-15-18(14-20-5-3-11-25-23(20)22)8-7-17-9-12-26(27)13-10-17;8-6-7-4-2-1-3-5-7/h2-6,9-16,24,27H,7-8H2,1H3;1-6H/q+1;. The van der Waals surface area contributed by atoms with E-state index in [1.54, 1.807) is 24.5 Å². The van der Waals surface area contributed by atoms with Gasteiger partial charge in [0.05, 0.1) is 5.52 Å². The smallest absolute Gasteiger partial charge is 0.222 e. The predicted molar refractivity (Wildman–Crippen MR) is 140 cm³/mol. The van der Waals surface area contributed by atoms with Crippen LogP contribution in [0.15, 0.2) is 110 Å².